The molecular weight excluding hydrogens is 727 g/mol. The highest BCUT2D eigenvalue weighted by molar-refractivity contribution is 7.23. The van der Waals surface area contributed by atoms with Crippen LogP contribution in [0.25, 0.3) is 32.1 Å². The van der Waals surface area contributed by atoms with Crippen molar-refractivity contribution in [3.05, 3.63) is 52.5 Å². The van der Waals surface area contributed by atoms with E-state index in [4.69, 9.17) is 10.5 Å². The molecule has 3 atom stereocenters. The number of alkyl halides is 4. The molecule has 3 saturated heterocycles. The number of likely N-dealkylation sites (N-methyl/N-ethyl adjacent to an activating group) is 1. The van der Waals surface area contributed by atoms with Gasteiger partial charge < -0.3 is 20.3 Å². The lowest BCUT2D eigenvalue weighted by atomic mass is 9.92. The number of nitrogen functional groups attached to an aromatic ring is 1. The first-order valence-corrected chi connectivity index (χ1v) is 18.6. The molecule has 2 aromatic carbocycles. The summed E-state index contributed by atoms with van der Waals surface area (Å²) in [4.78, 5) is 19.4. The summed E-state index contributed by atoms with van der Waals surface area (Å²) in [5.74, 6) is -2.09. The van der Waals surface area contributed by atoms with E-state index in [0.717, 1.165) is 29.8 Å². The maximum Gasteiger partial charge on any atom is 0.417 e. The summed E-state index contributed by atoms with van der Waals surface area (Å²) in [6.07, 6.45) is -2.01. The first-order valence-electron chi connectivity index (χ1n) is 16.9. The van der Waals surface area contributed by atoms with Crippen molar-refractivity contribution in [3.8, 4) is 23.2 Å². The average molecular weight is 759 g/mol. The summed E-state index contributed by atoms with van der Waals surface area (Å²) in [6.45, 7) is 4.28. The molecule has 17 heteroatoms. The molecule has 52 heavy (non-hydrogen) atoms. The number of benzene rings is 2. The number of ether oxygens (including phenoxy) is 1. The Morgan fingerprint density at radius 2 is 2.02 bits per heavy atom. The number of nitriles is 1. The molecule has 0 amide bonds. The Labute approximate surface area is 302 Å². The molecular formula is C35H32F6N8OS2. The minimum atomic E-state index is -5.09. The molecule has 8 rings (SSSR count). The van der Waals surface area contributed by atoms with Crippen LogP contribution < -0.4 is 20.3 Å². The number of nitrogens with zero attached hydrogens (tertiary/aromatic N) is 7. The number of halogens is 6. The summed E-state index contributed by atoms with van der Waals surface area (Å²) >= 11 is 2.17. The van der Waals surface area contributed by atoms with Crippen LogP contribution in [0.15, 0.2) is 29.8 Å². The number of thiophene rings is 1. The van der Waals surface area contributed by atoms with E-state index in [1.807, 2.05) is 28.2 Å². The average Bonchev–Trinajstić information content (AvgIpc) is 3.94. The molecule has 0 spiro atoms. The quantitative estimate of drug-likeness (QED) is 0.159. The van der Waals surface area contributed by atoms with Gasteiger partial charge in [0.2, 0.25) is 0 Å². The van der Waals surface area contributed by atoms with Crippen LogP contribution >= 0.6 is 22.7 Å². The highest BCUT2D eigenvalue weighted by Crippen LogP contribution is 2.48. The summed E-state index contributed by atoms with van der Waals surface area (Å²) < 4.78 is 98.1. The minimum absolute atomic E-state index is 0.0130. The Balaban J connectivity index is 1.33. The second-order valence-corrected chi connectivity index (χ2v) is 15.4. The molecule has 3 fully saturated rings. The highest BCUT2D eigenvalue weighted by atomic mass is 32.1. The van der Waals surface area contributed by atoms with Crippen LogP contribution in [-0.4, -0.2) is 76.9 Å². The fraction of sp³-hybridized carbons (Fsp3) is 0.429. The Bertz CT molecular complexity index is 2220. The molecule has 0 radical (unpaired) electrons. The normalized spacial score (nSPS) is 22.1. The third-order valence-corrected chi connectivity index (χ3v) is 12.4. The van der Waals surface area contributed by atoms with Crippen LogP contribution in [0.3, 0.4) is 0 Å². The SMILES string of the molecule is CCN(c1nc(OCC23CCCN2CC(F)C3)nc2c(F)c(-c3ccc(F)c4sc(N)c(C#N)c34)c(C(F)(F)F)cc12)C1CCN(c2nccs2)C1. The molecule has 0 aliphatic carbocycles. The van der Waals surface area contributed by atoms with Crippen LogP contribution in [0.1, 0.15) is 43.7 Å². The smallest absolute Gasteiger partial charge is 0.417 e. The van der Waals surface area contributed by atoms with Crippen molar-refractivity contribution in [2.24, 2.45) is 0 Å². The largest absolute Gasteiger partial charge is 0.461 e. The van der Waals surface area contributed by atoms with Gasteiger partial charge in [-0.05, 0) is 50.4 Å². The van der Waals surface area contributed by atoms with Gasteiger partial charge in [-0.3, -0.25) is 4.90 Å². The topological polar surface area (TPSA) is 107 Å². The fourth-order valence-electron chi connectivity index (χ4n) is 8.24. The number of hydrogen-bond acceptors (Lipinski definition) is 11. The van der Waals surface area contributed by atoms with Gasteiger partial charge in [0.1, 0.15) is 41.0 Å². The van der Waals surface area contributed by atoms with E-state index in [9.17, 15) is 14.0 Å². The van der Waals surface area contributed by atoms with Crippen molar-refractivity contribution in [3.63, 3.8) is 0 Å². The first-order chi connectivity index (χ1) is 24.9. The molecule has 0 bridgehead atoms. The van der Waals surface area contributed by atoms with Crippen LogP contribution in [0, 0.1) is 23.0 Å². The van der Waals surface area contributed by atoms with E-state index in [1.165, 1.54) is 11.3 Å². The van der Waals surface area contributed by atoms with Crippen molar-refractivity contribution in [2.45, 2.75) is 56.5 Å². The number of anilines is 3. The molecule has 2 N–H and O–H groups in total. The zero-order valence-electron chi connectivity index (χ0n) is 27.8. The molecule has 3 aliphatic heterocycles. The highest BCUT2D eigenvalue weighted by Gasteiger charge is 2.49. The van der Waals surface area contributed by atoms with Crippen molar-refractivity contribution in [2.75, 3.05) is 54.9 Å². The van der Waals surface area contributed by atoms with Crippen molar-refractivity contribution >= 4 is 59.6 Å². The van der Waals surface area contributed by atoms with Crippen molar-refractivity contribution in [1.29, 1.82) is 5.26 Å². The molecule has 3 aromatic heterocycles. The van der Waals surface area contributed by atoms with Crippen LogP contribution in [0.4, 0.5) is 42.3 Å². The molecule has 272 valence electrons. The second kappa shape index (κ2) is 12.9. The summed E-state index contributed by atoms with van der Waals surface area (Å²) in [5, 5.41) is 12.0. The van der Waals surface area contributed by atoms with Gasteiger partial charge in [0.15, 0.2) is 10.9 Å². The van der Waals surface area contributed by atoms with E-state index in [-0.39, 0.29) is 69.0 Å². The predicted molar refractivity (Wildman–Crippen MR) is 189 cm³/mol. The molecule has 0 saturated carbocycles. The van der Waals surface area contributed by atoms with Gasteiger partial charge in [0.25, 0.3) is 0 Å². The molecule has 9 nitrogen and oxygen atoms in total. The summed E-state index contributed by atoms with van der Waals surface area (Å²) in [7, 11) is 0. The number of rotatable bonds is 8. The van der Waals surface area contributed by atoms with Crippen molar-refractivity contribution < 1.29 is 31.1 Å². The van der Waals surface area contributed by atoms with Gasteiger partial charge in [-0.1, -0.05) is 6.07 Å². The van der Waals surface area contributed by atoms with Gasteiger partial charge in [-0.15, -0.1) is 22.7 Å². The number of hydrogen-bond donors (Lipinski definition) is 1. The molecule has 3 aliphatic rings. The number of thiazole rings is 1. The van der Waals surface area contributed by atoms with E-state index < -0.39 is 46.2 Å². The second-order valence-electron chi connectivity index (χ2n) is 13.4. The number of nitrogens with two attached hydrogens (primary N) is 1. The van der Waals surface area contributed by atoms with E-state index >= 15 is 17.6 Å². The van der Waals surface area contributed by atoms with E-state index in [2.05, 4.69) is 19.9 Å². The molecule has 3 unspecified atom stereocenters. The van der Waals surface area contributed by atoms with E-state index in [0.29, 0.717) is 50.4 Å². The first kappa shape index (κ1) is 34.7. The summed E-state index contributed by atoms with van der Waals surface area (Å²) in [6, 6.07) is 4.13. The zero-order chi connectivity index (χ0) is 36.5. The Morgan fingerprint density at radius 1 is 1.19 bits per heavy atom. The number of aromatic nitrogens is 3. The Morgan fingerprint density at radius 3 is 2.75 bits per heavy atom. The maximum absolute atomic E-state index is 17.2. The maximum atomic E-state index is 17.2. The third kappa shape index (κ3) is 5.66. The summed E-state index contributed by atoms with van der Waals surface area (Å²) in [5.41, 5.74) is 2.11. The third-order valence-electron chi connectivity index (χ3n) is 10.5. The Hall–Kier alpha value is -4.40. The van der Waals surface area contributed by atoms with Gasteiger partial charge in [0, 0.05) is 66.6 Å². The van der Waals surface area contributed by atoms with Gasteiger partial charge >= 0.3 is 12.2 Å². The number of fused-ring (bicyclic) bond motifs is 3. The molecule has 6 heterocycles. The fourth-order valence-corrected chi connectivity index (χ4v) is 9.87. The lowest BCUT2D eigenvalue weighted by molar-refractivity contribution is -0.137. The Kier molecular flexibility index (Phi) is 8.62. The van der Waals surface area contributed by atoms with Crippen LogP contribution in [-0.2, 0) is 6.18 Å². The lowest BCUT2D eigenvalue weighted by Crippen LogP contribution is -2.43. The minimum Gasteiger partial charge on any atom is -0.461 e. The van der Waals surface area contributed by atoms with Crippen LogP contribution in [0.2, 0.25) is 0 Å². The van der Waals surface area contributed by atoms with Crippen LogP contribution in [0.5, 0.6) is 6.01 Å². The predicted octanol–water partition coefficient (Wildman–Crippen LogP) is 7.78. The standard InChI is InChI=1S/C35H32F6N8OS2/c1-2-49(19-6-10-47(16-19)33-44-8-11-51-33)31-21-12-23(35(39,40)41)26(20-4-5-24(37)29-25(20)22(14-42)30(43)52-29)27(38)28(21)45-32(46-31)50-17-34-7-3-9-48(34)15-18(36)13-34/h4-5,8,11-12,18-19H,2-3,6-7,9-10,13,15-17,43H2,1H3. The van der Waals surface area contributed by atoms with Gasteiger partial charge in [-0.25, -0.2) is 18.2 Å². The molecule has 5 aromatic rings. The van der Waals surface area contributed by atoms with Gasteiger partial charge in [0.05, 0.1) is 21.4 Å². The zero-order valence-corrected chi connectivity index (χ0v) is 29.4. The van der Waals surface area contributed by atoms with Crippen molar-refractivity contribution in [1.82, 2.24) is 19.9 Å². The van der Waals surface area contributed by atoms with Gasteiger partial charge in [-0.2, -0.15) is 28.4 Å². The van der Waals surface area contributed by atoms with E-state index in [1.54, 1.807) is 6.20 Å². The monoisotopic (exact) mass is 758 g/mol. The lowest BCUT2D eigenvalue weighted by Gasteiger charge is -2.32.